The van der Waals surface area contributed by atoms with Gasteiger partial charge in [0.25, 0.3) is 0 Å². The summed E-state index contributed by atoms with van der Waals surface area (Å²) in [5.41, 5.74) is 0. The number of unbranched alkanes of at least 4 members (excludes halogenated alkanes) is 1. The fourth-order valence-corrected chi connectivity index (χ4v) is 1.29. The Hall–Kier alpha value is -0.570. The number of aliphatic carboxylic acids is 1. The Balaban J connectivity index is 3.18. The fraction of sp³-hybridized carbons (Fsp3) is 0.909. The Morgan fingerprint density at radius 2 is 2.07 bits per heavy atom. The molecule has 0 spiro atoms. The molecule has 0 aromatic carbocycles. The molecule has 0 aliphatic rings. The van der Waals surface area contributed by atoms with Gasteiger partial charge in [-0.15, -0.1) is 0 Å². The maximum Gasteiger partial charge on any atom is 0.303 e. The van der Waals surface area contributed by atoms with Crippen molar-refractivity contribution in [2.24, 2.45) is 5.92 Å². The topological polar surface area (TPSA) is 49.3 Å². The molecule has 0 saturated heterocycles. The molecule has 0 aliphatic carbocycles. The number of nitrogens with one attached hydrogen (secondary N) is 1. The normalized spacial score (nSPS) is 12.7. The number of carboxylic acid groups (broad SMARTS) is 1. The van der Waals surface area contributed by atoms with Crippen molar-refractivity contribution in [1.29, 1.82) is 0 Å². The highest BCUT2D eigenvalue weighted by molar-refractivity contribution is 5.66. The Morgan fingerprint density at radius 1 is 1.36 bits per heavy atom. The number of carbonyl (C=O) groups is 1. The highest BCUT2D eigenvalue weighted by atomic mass is 16.4. The van der Waals surface area contributed by atoms with E-state index >= 15 is 0 Å². The zero-order valence-electron chi connectivity index (χ0n) is 9.38. The molecule has 0 heterocycles. The van der Waals surface area contributed by atoms with Crippen LogP contribution in [0.15, 0.2) is 0 Å². The van der Waals surface area contributed by atoms with Gasteiger partial charge in [-0.25, -0.2) is 0 Å². The molecule has 1 atom stereocenters. The van der Waals surface area contributed by atoms with E-state index in [9.17, 15) is 4.79 Å². The summed E-state index contributed by atoms with van der Waals surface area (Å²) < 4.78 is 0. The van der Waals surface area contributed by atoms with E-state index in [2.05, 4.69) is 19.2 Å². The first-order chi connectivity index (χ1) is 6.66. The van der Waals surface area contributed by atoms with Crippen molar-refractivity contribution >= 4 is 5.97 Å². The monoisotopic (exact) mass is 201 g/mol. The van der Waals surface area contributed by atoms with Gasteiger partial charge >= 0.3 is 5.97 Å². The van der Waals surface area contributed by atoms with Crippen molar-refractivity contribution < 1.29 is 9.90 Å². The first-order valence-electron chi connectivity index (χ1n) is 5.59. The van der Waals surface area contributed by atoms with Crippen molar-refractivity contribution in [3.63, 3.8) is 0 Å². The minimum absolute atomic E-state index is 0.302. The third-order valence-electron chi connectivity index (χ3n) is 2.37. The van der Waals surface area contributed by atoms with Gasteiger partial charge in [-0.2, -0.15) is 0 Å². The maximum absolute atomic E-state index is 10.3. The van der Waals surface area contributed by atoms with Gasteiger partial charge in [-0.05, 0) is 38.3 Å². The molecule has 0 amide bonds. The summed E-state index contributed by atoms with van der Waals surface area (Å²) in [5, 5.41) is 11.8. The van der Waals surface area contributed by atoms with E-state index in [0.29, 0.717) is 12.3 Å². The van der Waals surface area contributed by atoms with E-state index in [0.717, 1.165) is 25.9 Å². The van der Waals surface area contributed by atoms with Crippen LogP contribution in [0.25, 0.3) is 0 Å². The van der Waals surface area contributed by atoms with Crippen LogP contribution in [-0.2, 0) is 4.79 Å². The molecule has 0 fully saturated rings. The molecule has 84 valence electrons. The first-order valence-corrected chi connectivity index (χ1v) is 5.59. The number of carboxylic acids is 1. The van der Waals surface area contributed by atoms with Crippen molar-refractivity contribution in [3.8, 4) is 0 Å². The molecule has 2 N–H and O–H groups in total. The lowest BCUT2D eigenvalue weighted by atomic mass is 10.0. The van der Waals surface area contributed by atoms with E-state index in [4.69, 9.17) is 5.11 Å². The third kappa shape index (κ3) is 9.52. The van der Waals surface area contributed by atoms with Gasteiger partial charge in [-0.1, -0.05) is 20.3 Å². The summed E-state index contributed by atoms with van der Waals surface area (Å²) in [6.45, 7) is 6.39. The van der Waals surface area contributed by atoms with Crippen LogP contribution in [0.2, 0.25) is 0 Å². The van der Waals surface area contributed by atoms with Gasteiger partial charge in [0.2, 0.25) is 0 Å². The lowest BCUT2D eigenvalue weighted by Gasteiger charge is -2.10. The van der Waals surface area contributed by atoms with Crippen molar-refractivity contribution in [2.75, 3.05) is 13.1 Å². The van der Waals surface area contributed by atoms with Gasteiger partial charge in [-0.3, -0.25) is 4.79 Å². The molecule has 0 aliphatic heterocycles. The first kappa shape index (κ1) is 13.4. The molecular formula is C11H23NO2. The molecule has 14 heavy (non-hydrogen) atoms. The second-order valence-electron chi connectivity index (χ2n) is 3.93. The Labute approximate surface area is 86.9 Å². The minimum Gasteiger partial charge on any atom is -0.481 e. The summed E-state index contributed by atoms with van der Waals surface area (Å²) >= 11 is 0. The van der Waals surface area contributed by atoms with Gasteiger partial charge in [0.15, 0.2) is 0 Å². The van der Waals surface area contributed by atoms with Gasteiger partial charge in [0, 0.05) is 6.42 Å². The number of hydrogen-bond donors (Lipinski definition) is 2. The Morgan fingerprint density at radius 3 is 2.64 bits per heavy atom. The van der Waals surface area contributed by atoms with E-state index in [-0.39, 0.29) is 0 Å². The highest BCUT2D eigenvalue weighted by Crippen LogP contribution is 2.08. The standard InChI is InChI=1S/C11H23NO2/c1-3-4-8-12-9-7-10(2)5-6-11(13)14/h10,12H,3-9H2,1-2H3,(H,13,14). The molecule has 0 saturated carbocycles. The largest absolute Gasteiger partial charge is 0.481 e. The summed E-state index contributed by atoms with van der Waals surface area (Å²) in [4.78, 5) is 10.3. The lowest BCUT2D eigenvalue weighted by Crippen LogP contribution is -2.18. The average molecular weight is 201 g/mol. The van der Waals surface area contributed by atoms with Crippen LogP contribution in [0.4, 0.5) is 0 Å². The molecule has 0 aromatic heterocycles. The van der Waals surface area contributed by atoms with E-state index in [1.165, 1.54) is 12.8 Å². The predicted molar refractivity (Wildman–Crippen MR) is 58.4 cm³/mol. The molecule has 3 heteroatoms. The summed E-state index contributed by atoms with van der Waals surface area (Å²) in [7, 11) is 0. The second-order valence-corrected chi connectivity index (χ2v) is 3.93. The fourth-order valence-electron chi connectivity index (χ4n) is 1.29. The second kappa shape index (κ2) is 9.00. The van der Waals surface area contributed by atoms with Crippen LogP contribution in [0.1, 0.15) is 46.0 Å². The molecule has 0 rings (SSSR count). The smallest absolute Gasteiger partial charge is 0.303 e. The molecule has 3 nitrogen and oxygen atoms in total. The van der Waals surface area contributed by atoms with Crippen molar-refractivity contribution in [1.82, 2.24) is 5.32 Å². The van der Waals surface area contributed by atoms with Crippen LogP contribution in [0, 0.1) is 5.92 Å². The van der Waals surface area contributed by atoms with E-state index < -0.39 is 5.97 Å². The van der Waals surface area contributed by atoms with Crippen molar-refractivity contribution in [2.45, 2.75) is 46.0 Å². The van der Waals surface area contributed by atoms with Gasteiger partial charge in [0.1, 0.15) is 0 Å². The molecule has 1 unspecified atom stereocenters. The Bertz CT molecular complexity index is 148. The zero-order chi connectivity index (χ0) is 10.8. The van der Waals surface area contributed by atoms with Crippen molar-refractivity contribution in [3.05, 3.63) is 0 Å². The highest BCUT2D eigenvalue weighted by Gasteiger charge is 2.04. The van der Waals surface area contributed by atoms with Crippen LogP contribution in [0.5, 0.6) is 0 Å². The van der Waals surface area contributed by atoms with Crippen LogP contribution in [-0.4, -0.2) is 24.2 Å². The minimum atomic E-state index is -0.684. The number of rotatable bonds is 9. The Kier molecular flexibility index (Phi) is 8.64. The molecule has 0 bridgehead atoms. The molecular weight excluding hydrogens is 178 g/mol. The zero-order valence-corrected chi connectivity index (χ0v) is 9.38. The van der Waals surface area contributed by atoms with Crippen LogP contribution in [0.3, 0.4) is 0 Å². The summed E-state index contributed by atoms with van der Waals surface area (Å²) in [5.74, 6) is -0.170. The molecule has 0 aromatic rings. The van der Waals surface area contributed by atoms with Crippen LogP contribution >= 0.6 is 0 Å². The summed E-state index contributed by atoms with van der Waals surface area (Å²) in [6, 6.07) is 0. The lowest BCUT2D eigenvalue weighted by molar-refractivity contribution is -0.137. The SMILES string of the molecule is CCCCNCCC(C)CCC(=O)O. The third-order valence-corrected chi connectivity index (χ3v) is 2.37. The predicted octanol–water partition coefficient (Wildman–Crippen LogP) is 2.27. The quantitative estimate of drug-likeness (QED) is 0.563. The summed E-state index contributed by atoms with van der Waals surface area (Å²) in [6.07, 6.45) is 4.63. The van der Waals surface area contributed by atoms with Crippen LogP contribution < -0.4 is 5.32 Å². The maximum atomic E-state index is 10.3. The molecule has 0 radical (unpaired) electrons. The number of hydrogen-bond acceptors (Lipinski definition) is 2. The van der Waals surface area contributed by atoms with Gasteiger partial charge < -0.3 is 10.4 Å². The van der Waals surface area contributed by atoms with Gasteiger partial charge in [0.05, 0.1) is 0 Å². The van der Waals surface area contributed by atoms with E-state index in [1.54, 1.807) is 0 Å². The average Bonchev–Trinajstić information content (AvgIpc) is 2.14. The van der Waals surface area contributed by atoms with E-state index in [1.807, 2.05) is 0 Å².